The molecule has 0 fully saturated rings. The molecular formula is C35H33N5. The van der Waals surface area contributed by atoms with E-state index < -0.39 is 0 Å². The summed E-state index contributed by atoms with van der Waals surface area (Å²) in [5.74, 6) is 0. The summed E-state index contributed by atoms with van der Waals surface area (Å²) in [5.41, 5.74) is 15.2. The fraction of sp³-hybridized carbons (Fsp3) is 0.200. The van der Waals surface area contributed by atoms with Gasteiger partial charge in [0.2, 0.25) is 0 Å². The lowest BCUT2D eigenvalue weighted by Crippen LogP contribution is -2.17. The van der Waals surface area contributed by atoms with Crippen molar-refractivity contribution in [1.29, 1.82) is 0 Å². The fourth-order valence-electron chi connectivity index (χ4n) is 6.17. The zero-order valence-electron chi connectivity index (χ0n) is 24.2. The molecule has 4 aromatic carbocycles. The highest BCUT2D eigenvalue weighted by molar-refractivity contribution is 6.01. The summed E-state index contributed by atoms with van der Waals surface area (Å²) < 4.78 is 0. The van der Waals surface area contributed by atoms with Gasteiger partial charge < -0.3 is 4.90 Å². The lowest BCUT2D eigenvalue weighted by Gasteiger charge is -2.34. The quantitative estimate of drug-likeness (QED) is 0.231. The van der Waals surface area contributed by atoms with Crippen LogP contribution in [0.1, 0.15) is 38.9 Å². The van der Waals surface area contributed by atoms with Gasteiger partial charge in [-0.05, 0) is 93.3 Å². The van der Waals surface area contributed by atoms with Gasteiger partial charge in [0.15, 0.2) is 11.3 Å². The largest absolute Gasteiger partial charge is 0.309 e. The minimum Gasteiger partial charge on any atom is -0.309 e. The van der Waals surface area contributed by atoms with Crippen molar-refractivity contribution in [3.8, 4) is 11.3 Å². The third-order valence-corrected chi connectivity index (χ3v) is 8.13. The van der Waals surface area contributed by atoms with Crippen molar-refractivity contribution in [2.45, 2.75) is 48.5 Å². The van der Waals surface area contributed by atoms with Crippen LogP contribution in [0.5, 0.6) is 0 Å². The van der Waals surface area contributed by atoms with Gasteiger partial charge in [-0.3, -0.25) is 0 Å². The maximum Gasteiger partial charge on any atom is 0.198 e. The van der Waals surface area contributed by atoms with Gasteiger partial charge in [0.1, 0.15) is 0 Å². The van der Waals surface area contributed by atoms with Gasteiger partial charge in [-0.15, -0.1) is 0 Å². The highest BCUT2D eigenvalue weighted by Crippen LogP contribution is 2.47. The highest BCUT2D eigenvalue weighted by Gasteiger charge is 2.26. The Kier molecular flexibility index (Phi) is 6.30. The molecule has 0 unspecified atom stereocenters. The Labute approximate surface area is 235 Å². The maximum absolute atomic E-state index is 4.87. The molecule has 198 valence electrons. The fourth-order valence-corrected chi connectivity index (χ4v) is 6.17. The molecule has 0 atom stereocenters. The van der Waals surface area contributed by atoms with E-state index in [1.807, 2.05) is 6.20 Å². The van der Waals surface area contributed by atoms with Gasteiger partial charge in [0.05, 0.1) is 29.0 Å². The van der Waals surface area contributed by atoms with Crippen molar-refractivity contribution < 1.29 is 0 Å². The molecule has 0 aliphatic rings. The molecule has 6 aromatic rings. The first-order chi connectivity index (χ1) is 19.3. The van der Waals surface area contributed by atoms with Crippen LogP contribution in [-0.2, 0) is 0 Å². The molecule has 0 saturated heterocycles. The summed E-state index contributed by atoms with van der Waals surface area (Å²) in [4.78, 5) is 20.6. The molecule has 0 bridgehead atoms. The maximum atomic E-state index is 4.87. The summed E-state index contributed by atoms with van der Waals surface area (Å²) in [6.07, 6.45) is 5.13. The summed E-state index contributed by atoms with van der Waals surface area (Å²) >= 11 is 0. The molecule has 0 amide bonds. The van der Waals surface area contributed by atoms with E-state index in [1.165, 1.54) is 66.8 Å². The number of hydrogen-bond acceptors (Lipinski definition) is 5. The number of fused-ring (bicyclic) bond motifs is 2. The van der Waals surface area contributed by atoms with Crippen molar-refractivity contribution in [2.75, 3.05) is 4.90 Å². The predicted molar refractivity (Wildman–Crippen MR) is 166 cm³/mol. The number of aryl methyl sites for hydroxylation is 3. The second kappa shape index (κ2) is 9.83. The molecule has 5 heteroatoms. The van der Waals surface area contributed by atoms with E-state index in [1.54, 1.807) is 12.4 Å². The molecule has 5 nitrogen and oxygen atoms in total. The Bertz CT molecular complexity index is 1880. The van der Waals surface area contributed by atoms with Crippen LogP contribution in [0.15, 0.2) is 73.2 Å². The third-order valence-electron chi connectivity index (χ3n) is 8.13. The summed E-state index contributed by atoms with van der Waals surface area (Å²) in [6, 6.07) is 19.8. The lowest BCUT2D eigenvalue weighted by molar-refractivity contribution is 1.13. The van der Waals surface area contributed by atoms with Crippen LogP contribution >= 0.6 is 0 Å². The minimum absolute atomic E-state index is 0.555. The summed E-state index contributed by atoms with van der Waals surface area (Å²) in [5, 5.41) is 2.45. The second-order valence-electron chi connectivity index (χ2n) is 10.8. The van der Waals surface area contributed by atoms with Gasteiger partial charge in [0.25, 0.3) is 0 Å². The van der Waals surface area contributed by atoms with E-state index in [9.17, 15) is 0 Å². The Morgan fingerprint density at radius 3 is 1.93 bits per heavy atom. The zero-order valence-corrected chi connectivity index (χ0v) is 24.2. The first-order valence-corrected chi connectivity index (χ1v) is 13.7. The van der Waals surface area contributed by atoms with Gasteiger partial charge in [-0.25, -0.2) is 19.9 Å². The van der Waals surface area contributed by atoms with E-state index >= 15 is 0 Å². The first kappa shape index (κ1) is 25.6. The lowest BCUT2D eigenvalue weighted by atomic mass is 9.88. The van der Waals surface area contributed by atoms with Gasteiger partial charge >= 0.3 is 0 Å². The van der Waals surface area contributed by atoms with Crippen molar-refractivity contribution in [3.63, 3.8) is 0 Å². The monoisotopic (exact) mass is 523 g/mol. The number of anilines is 3. The van der Waals surface area contributed by atoms with Crippen molar-refractivity contribution >= 4 is 39.1 Å². The molecule has 6 rings (SSSR count). The predicted octanol–water partition coefficient (Wildman–Crippen LogP) is 8.87. The van der Waals surface area contributed by atoms with E-state index in [0.29, 0.717) is 11.3 Å². The Balaban J connectivity index is 1.67. The van der Waals surface area contributed by atoms with Crippen LogP contribution in [0.25, 0.3) is 33.3 Å². The molecule has 40 heavy (non-hydrogen) atoms. The minimum atomic E-state index is 0.555. The van der Waals surface area contributed by atoms with E-state index in [4.69, 9.17) is 4.98 Å². The average molecular weight is 524 g/mol. The Morgan fingerprint density at radius 1 is 0.600 bits per heavy atom. The van der Waals surface area contributed by atoms with E-state index in [2.05, 4.69) is 123 Å². The SMILES string of the molecule is Cc1cc(C)c(N(c2c(C)c(C)c(-c3cnc4nccnc4n3)c(C)c2C)c2cccc3ccccc23)c(C)c1. The summed E-state index contributed by atoms with van der Waals surface area (Å²) in [7, 11) is 0. The first-order valence-electron chi connectivity index (χ1n) is 13.7. The van der Waals surface area contributed by atoms with Crippen molar-refractivity contribution in [3.05, 3.63) is 112 Å². The number of rotatable bonds is 4. The topological polar surface area (TPSA) is 54.8 Å². The smallest absolute Gasteiger partial charge is 0.198 e. The molecule has 2 heterocycles. The second-order valence-corrected chi connectivity index (χ2v) is 10.8. The van der Waals surface area contributed by atoms with Gasteiger partial charge in [-0.2, -0.15) is 0 Å². The van der Waals surface area contributed by atoms with Crippen molar-refractivity contribution in [2.24, 2.45) is 0 Å². The molecule has 0 saturated carbocycles. The van der Waals surface area contributed by atoms with Crippen LogP contribution in [0.4, 0.5) is 17.1 Å². The number of benzene rings is 4. The molecular weight excluding hydrogens is 490 g/mol. The summed E-state index contributed by atoms with van der Waals surface area (Å²) in [6.45, 7) is 15.5. The number of nitrogens with zero attached hydrogens (tertiary/aromatic N) is 5. The van der Waals surface area contributed by atoms with Crippen LogP contribution in [0, 0.1) is 48.5 Å². The third kappa shape index (κ3) is 4.10. The van der Waals surface area contributed by atoms with Gasteiger partial charge in [-0.1, -0.05) is 54.1 Å². The van der Waals surface area contributed by atoms with Gasteiger partial charge in [0, 0.05) is 23.3 Å². The number of hydrogen-bond donors (Lipinski definition) is 0. The molecule has 0 aliphatic heterocycles. The van der Waals surface area contributed by atoms with E-state index in [0.717, 1.165) is 11.3 Å². The van der Waals surface area contributed by atoms with Crippen molar-refractivity contribution in [1.82, 2.24) is 19.9 Å². The standard InChI is InChI=1S/C35H33N5/c1-20-17-21(2)32(22(3)18-20)40(30-14-10-12-27-11-8-9-13-28(27)30)33-25(6)23(4)31(24(5)26(33)7)29-19-38-34-35(39-29)37-16-15-36-34/h8-19H,1-7H3. The Hall–Kier alpha value is -4.64. The zero-order chi connectivity index (χ0) is 28.1. The van der Waals surface area contributed by atoms with Crippen LogP contribution in [-0.4, -0.2) is 19.9 Å². The molecule has 0 aliphatic carbocycles. The molecule has 0 N–H and O–H groups in total. The Morgan fingerprint density at radius 2 is 1.23 bits per heavy atom. The number of aromatic nitrogens is 4. The van der Waals surface area contributed by atoms with Crippen LogP contribution in [0.2, 0.25) is 0 Å². The average Bonchev–Trinajstić information content (AvgIpc) is 2.94. The molecule has 0 spiro atoms. The highest BCUT2D eigenvalue weighted by atomic mass is 15.2. The normalized spacial score (nSPS) is 11.4. The molecule has 0 radical (unpaired) electrons. The molecule has 2 aromatic heterocycles. The van der Waals surface area contributed by atoms with E-state index in [-0.39, 0.29) is 0 Å². The van der Waals surface area contributed by atoms with Crippen LogP contribution < -0.4 is 4.90 Å². The van der Waals surface area contributed by atoms with Crippen LogP contribution in [0.3, 0.4) is 0 Å².